The summed E-state index contributed by atoms with van der Waals surface area (Å²) in [5.41, 5.74) is 16.8. The van der Waals surface area contributed by atoms with Gasteiger partial charge in [0.1, 0.15) is 50.9 Å². The van der Waals surface area contributed by atoms with Crippen LogP contribution in [0.5, 0.6) is 34.5 Å². The first-order valence-electron chi connectivity index (χ1n) is 48.8. The Labute approximate surface area is 847 Å². The Kier molecular flexibility index (Phi) is 46.0. The number of carbonyl (C=O) groups excluding carboxylic acids is 1. The van der Waals surface area contributed by atoms with E-state index in [1.54, 1.807) is 41.7 Å². The Morgan fingerprint density at radius 3 is 0.978 bits per heavy atom. The van der Waals surface area contributed by atoms with E-state index in [1.807, 2.05) is 130 Å². The highest BCUT2D eigenvalue weighted by molar-refractivity contribution is 7.14. The van der Waals surface area contributed by atoms with Gasteiger partial charge in [0, 0.05) is 41.2 Å². The van der Waals surface area contributed by atoms with Gasteiger partial charge in [-0.2, -0.15) is 11.3 Å². The number of rotatable bonds is 29. The van der Waals surface area contributed by atoms with Crippen LogP contribution in [-0.4, -0.2) is 90.1 Å². The van der Waals surface area contributed by atoms with Crippen molar-refractivity contribution in [2.45, 2.75) is 355 Å². The number of aromatic hydroxyl groups is 3. The van der Waals surface area contributed by atoms with Crippen LogP contribution in [0.25, 0.3) is 0 Å². The third-order valence-corrected chi connectivity index (χ3v) is 43.1. The topological polar surface area (TPSA) is 230 Å². The van der Waals surface area contributed by atoms with Crippen LogP contribution >= 0.6 is 56.7 Å². The molecule has 1 unspecified atom stereocenters. The van der Waals surface area contributed by atoms with E-state index >= 15 is 0 Å². The molecule has 0 amide bonds. The summed E-state index contributed by atoms with van der Waals surface area (Å²) < 4.78 is 24.0. The van der Waals surface area contributed by atoms with Crippen molar-refractivity contribution < 1.29 is 68.5 Å². The monoisotopic (exact) mass is 2000 g/mol. The van der Waals surface area contributed by atoms with Gasteiger partial charge in [0.05, 0.1) is 24.4 Å². The number of phenols is 3. The lowest BCUT2D eigenvalue weighted by Crippen LogP contribution is -2.44. The molecule has 0 aliphatic heterocycles. The maximum atomic E-state index is 12.2. The molecule has 11 rings (SSSR count). The predicted octanol–water partition coefficient (Wildman–Crippen LogP) is 33.8. The molecule has 0 radical (unpaired) electrons. The first-order chi connectivity index (χ1) is 63.8. The molecule has 1 atom stereocenters. The lowest BCUT2D eigenvalue weighted by molar-refractivity contribution is 0.0216. The zero-order chi connectivity index (χ0) is 104. The highest BCUT2D eigenvalue weighted by Gasteiger charge is 2.43. The number of phenolic OH excluding ortho intramolecular Hbond substituents is 3. The quantitative estimate of drug-likeness (QED) is 0.0171. The molecule has 11 aromatic rings. The Bertz CT molecular complexity index is 5620. The second-order valence-corrected chi connectivity index (χ2v) is 54.5. The number of benzene rings is 6. The molecule has 5 heterocycles. The van der Waals surface area contributed by atoms with E-state index in [2.05, 4.69) is 264 Å². The van der Waals surface area contributed by atoms with Crippen molar-refractivity contribution >= 4 is 91.2 Å². The maximum absolute atomic E-state index is 12.2. The van der Waals surface area contributed by atoms with E-state index in [0.717, 1.165) is 107 Å². The summed E-state index contributed by atoms with van der Waals surface area (Å²) in [4.78, 5) is 40.5. The Morgan fingerprint density at radius 2 is 0.701 bits per heavy atom. The number of aliphatic hydroxyl groups is 2. The van der Waals surface area contributed by atoms with E-state index in [-0.39, 0.29) is 66.8 Å². The fourth-order valence-corrected chi connectivity index (χ4v) is 24.3. The standard InChI is InChI=1S/C25H38O3SSi.C24H34O4S.C23H36OSSi.C17H22OS.C12H18O2.C8H8O3.C5H6S.C2H6/c1-11-25(12-2,21-16-18(4)22(29-21)23(26)27-8)19-13-14-20(17(3)15-19)28-30(9,10)24(5,6)7;1-8-24(9-2,20-13-16(4)21(29-20)22(26)27)17-10-11-18(15(3)12-17)28-14-19(25)23(5,6)7;1-10-23(11-2,21-14-17(3)16-25-21)19-12-13-20(18(4)15-19)24-26(8,9)22(5,6)7;1-5-17(6-2,16-9-12(3)11-19-16)14-7-8-15(18)13(4)10-14;1-4-12(14,5-2)10-6-7-11(13)9(3)8-10;1-5-4-6(8(10)11)2-3-7(5)9;1-5-2-3-6-4-5;1-2/h13-16H,11-12H2,1-10H3;10-13,19,25H,8-9,14H2,1-7H3,(H,26,27);12-16H,10-11H2,1-9H3;7-11,18H,5-6H2,1-4H3;6-8,13-14H,4-5H2,1-3H3;2-4,9H,1H3,(H,10,11);2-4H,1H3;1-2H3. The van der Waals surface area contributed by atoms with Gasteiger partial charge in [0.15, 0.2) is 0 Å². The molecule has 0 bridgehead atoms. The van der Waals surface area contributed by atoms with E-state index < -0.39 is 40.3 Å². The molecule has 21 heteroatoms. The zero-order valence-electron chi connectivity index (χ0n) is 90.0. The number of carboxylic acid groups (broad SMARTS) is 2. The van der Waals surface area contributed by atoms with Crippen molar-refractivity contribution in [1.82, 2.24) is 0 Å². The summed E-state index contributed by atoms with van der Waals surface area (Å²) in [6, 6.07) is 46.2. The van der Waals surface area contributed by atoms with Gasteiger partial charge in [-0.1, -0.05) is 200 Å². The molecule has 0 fully saturated rings. The minimum atomic E-state index is -1.89. The Morgan fingerprint density at radius 1 is 0.372 bits per heavy atom. The number of hydrogen-bond acceptors (Lipinski definition) is 17. The molecule has 5 aromatic heterocycles. The Balaban J connectivity index is 0.000000346. The summed E-state index contributed by atoms with van der Waals surface area (Å²) >= 11 is 8.44. The number of aliphatic hydroxyl groups excluding tert-OH is 1. The van der Waals surface area contributed by atoms with Crippen LogP contribution in [0.1, 0.15) is 348 Å². The minimum Gasteiger partial charge on any atom is -0.543 e. The highest BCUT2D eigenvalue weighted by Crippen LogP contribution is 2.50. The van der Waals surface area contributed by atoms with Crippen LogP contribution in [0.15, 0.2) is 161 Å². The van der Waals surface area contributed by atoms with Gasteiger partial charge in [-0.3, -0.25) is 0 Å². The van der Waals surface area contributed by atoms with Crippen molar-refractivity contribution in [3.05, 3.63) is 285 Å². The molecule has 0 spiro atoms. The number of carbonyl (C=O) groups is 3. The van der Waals surface area contributed by atoms with Gasteiger partial charge in [-0.05, 0) is 378 Å². The van der Waals surface area contributed by atoms with E-state index in [0.29, 0.717) is 33.9 Å². The predicted molar refractivity (Wildman–Crippen MR) is 590 cm³/mol. The van der Waals surface area contributed by atoms with Crippen molar-refractivity contribution in [1.29, 1.82) is 0 Å². The van der Waals surface area contributed by atoms with Crippen LogP contribution in [-0.2, 0) is 32.0 Å². The first kappa shape index (κ1) is 121. The third kappa shape index (κ3) is 30.7. The number of carboxylic acids is 2. The maximum Gasteiger partial charge on any atom is 0.348 e. The average Bonchev–Trinajstić information content (AvgIpc) is 1.71. The SMILES string of the molecule is CC.CCC(CC)(c1ccc(O)c(C)c1)c1cc(C)cs1.CCC(CC)(c1ccc(OCC(O)C(C)(C)C)c(C)c1)c1cc(C)c(C(=O)O)s1.CCC(CC)(c1ccc(O[Si](C)(C)C(C)(C)C)c(C)c1)c1cc(C)c(C(=O)OC)s1.CCC(CC)(c1ccc(O[Si](C)(C)C(C)(C)C)c(C)c1)c1cc(C)cs1.CCC(O)(CC)c1ccc(O)c(C)c1.Cc1cc(C(=O)O)ccc1O.Cc1ccsc1. The number of aromatic carboxylic acids is 2. The van der Waals surface area contributed by atoms with Crippen molar-refractivity contribution in [2.75, 3.05) is 13.7 Å². The number of methoxy groups -OCH3 is 1. The smallest absolute Gasteiger partial charge is 0.348 e. The molecule has 0 saturated heterocycles. The summed E-state index contributed by atoms with van der Waals surface area (Å²) in [6.07, 6.45) is 8.91. The highest BCUT2D eigenvalue weighted by atomic mass is 32.1. The fraction of sp³-hybridized carbons (Fsp3) is 0.491. The second-order valence-electron chi connectivity index (χ2n) is 40.4. The minimum absolute atomic E-state index is 0.0807. The van der Waals surface area contributed by atoms with Gasteiger partial charge < -0.3 is 54.1 Å². The Hall–Kier alpha value is -8.62. The molecule has 14 nitrogen and oxygen atoms in total. The molecule has 0 aliphatic rings. The average molecular weight is 2000 g/mol. The van der Waals surface area contributed by atoms with Crippen molar-refractivity contribution in [2.24, 2.45) is 5.41 Å². The van der Waals surface area contributed by atoms with Crippen LogP contribution in [0.4, 0.5) is 0 Å². The summed E-state index contributed by atoms with van der Waals surface area (Å²) in [5.74, 6) is 1.51. The summed E-state index contributed by atoms with van der Waals surface area (Å²) in [7, 11) is -2.26. The summed E-state index contributed by atoms with van der Waals surface area (Å²) in [6.45, 7) is 77.0. The number of aryl methyl sites for hydroxylation is 11. The van der Waals surface area contributed by atoms with Crippen LogP contribution in [0.3, 0.4) is 0 Å². The first-order valence-corrected chi connectivity index (χ1v) is 59.0. The fourth-order valence-electron chi connectivity index (χ4n) is 16.1. The molecular formula is C116H168O14S5Si2. The second kappa shape index (κ2) is 52.2. The van der Waals surface area contributed by atoms with Gasteiger partial charge in [0.25, 0.3) is 0 Å². The van der Waals surface area contributed by atoms with Gasteiger partial charge in [-0.15, -0.1) is 45.3 Å². The number of thiophene rings is 5. The zero-order valence-corrected chi connectivity index (χ0v) is 96.1. The lowest BCUT2D eigenvalue weighted by atomic mass is 9.74. The van der Waals surface area contributed by atoms with E-state index in [4.69, 9.17) is 28.5 Å². The largest absolute Gasteiger partial charge is 0.543 e. The van der Waals surface area contributed by atoms with Gasteiger partial charge in [-0.25, -0.2) is 14.4 Å². The lowest BCUT2D eigenvalue weighted by Gasteiger charge is -2.37. The molecule has 137 heavy (non-hydrogen) atoms. The molecule has 754 valence electrons. The van der Waals surface area contributed by atoms with Crippen LogP contribution < -0.4 is 13.6 Å². The van der Waals surface area contributed by atoms with Crippen LogP contribution in [0, 0.1) is 81.6 Å². The van der Waals surface area contributed by atoms with Gasteiger partial charge >= 0.3 is 17.9 Å². The van der Waals surface area contributed by atoms with Gasteiger partial charge in [0.2, 0.25) is 16.6 Å². The van der Waals surface area contributed by atoms with E-state index in [9.17, 15) is 39.9 Å². The summed E-state index contributed by atoms with van der Waals surface area (Å²) in [5, 5.41) is 75.7. The number of esters is 1. The molecule has 0 saturated carbocycles. The normalized spacial score (nSPS) is 12.1. The van der Waals surface area contributed by atoms with Crippen molar-refractivity contribution in [3.8, 4) is 34.5 Å². The number of hydrogen-bond donors (Lipinski definition) is 7. The molecule has 0 aliphatic carbocycles. The number of ether oxygens (including phenoxy) is 2. The molecule has 7 N–H and O–H groups in total. The van der Waals surface area contributed by atoms with Crippen LogP contribution in [0.2, 0.25) is 36.3 Å². The molecular weight excluding hydrogens is 1830 g/mol. The van der Waals surface area contributed by atoms with Crippen molar-refractivity contribution in [3.63, 3.8) is 0 Å². The van der Waals surface area contributed by atoms with E-state index in [1.165, 1.54) is 101 Å². The molecule has 6 aromatic carbocycles. The third-order valence-electron chi connectivity index (χ3n) is 28.3.